The first-order valence-electron chi connectivity index (χ1n) is 6.86. The van der Waals surface area contributed by atoms with E-state index in [0.29, 0.717) is 12.5 Å². The average molecular weight is 248 g/mol. The molecule has 0 spiro atoms. The molecule has 1 aliphatic heterocycles. The molecule has 0 bridgehead atoms. The van der Waals surface area contributed by atoms with E-state index in [1.807, 2.05) is 13.0 Å². The highest BCUT2D eigenvalue weighted by Crippen LogP contribution is 2.30. The minimum atomic E-state index is -0.675. The van der Waals surface area contributed by atoms with Gasteiger partial charge in [-0.25, -0.2) is 0 Å². The van der Waals surface area contributed by atoms with Gasteiger partial charge in [0.25, 0.3) is 0 Å². The number of aliphatic hydroxyl groups is 1. The van der Waals surface area contributed by atoms with Crippen LogP contribution in [0.5, 0.6) is 0 Å². The average Bonchev–Trinajstić information content (AvgIpc) is 2.88. The fourth-order valence-electron chi connectivity index (χ4n) is 2.86. The molecule has 1 aliphatic rings. The van der Waals surface area contributed by atoms with Gasteiger partial charge in [-0.3, -0.25) is 4.90 Å². The summed E-state index contributed by atoms with van der Waals surface area (Å²) < 4.78 is 0. The van der Waals surface area contributed by atoms with E-state index >= 15 is 0 Å². The lowest BCUT2D eigenvalue weighted by molar-refractivity contribution is -0.0103. The molecule has 2 unspecified atom stereocenters. The first-order valence-corrected chi connectivity index (χ1v) is 6.86. The number of nitrogens with zero attached hydrogens (tertiary/aromatic N) is 1. The first-order chi connectivity index (χ1) is 8.68. The minimum absolute atomic E-state index is 0.316. The summed E-state index contributed by atoms with van der Waals surface area (Å²) in [6, 6.07) is 10.5. The van der Waals surface area contributed by atoms with Crippen molar-refractivity contribution in [1.29, 1.82) is 0 Å². The molecule has 2 atom stereocenters. The largest absolute Gasteiger partial charge is 0.388 e. The summed E-state index contributed by atoms with van der Waals surface area (Å²) in [5.41, 5.74) is 6.39. The maximum Gasteiger partial charge on any atom is 0.0807 e. The van der Waals surface area contributed by atoms with E-state index in [0.717, 1.165) is 32.5 Å². The molecule has 0 aromatic heterocycles. The molecule has 100 valence electrons. The summed E-state index contributed by atoms with van der Waals surface area (Å²) in [7, 11) is 0. The van der Waals surface area contributed by atoms with E-state index in [4.69, 9.17) is 5.73 Å². The quantitative estimate of drug-likeness (QED) is 0.832. The maximum atomic E-state index is 10.5. The normalized spacial score (nSPS) is 24.1. The topological polar surface area (TPSA) is 49.5 Å². The molecule has 1 aromatic rings. The Labute approximate surface area is 110 Å². The number of rotatable bonds is 5. The van der Waals surface area contributed by atoms with E-state index in [-0.39, 0.29) is 0 Å². The van der Waals surface area contributed by atoms with Crippen molar-refractivity contribution in [2.75, 3.05) is 19.6 Å². The van der Waals surface area contributed by atoms with Crippen LogP contribution in [0.25, 0.3) is 0 Å². The van der Waals surface area contributed by atoms with Gasteiger partial charge in [-0.05, 0) is 24.9 Å². The van der Waals surface area contributed by atoms with Crippen LogP contribution in [0.2, 0.25) is 0 Å². The van der Waals surface area contributed by atoms with Crippen molar-refractivity contribution in [2.45, 2.75) is 31.9 Å². The molecular weight excluding hydrogens is 224 g/mol. The van der Waals surface area contributed by atoms with E-state index in [1.54, 1.807) is 0 Å². The summed E-state index contributed by atoms with van der Waals surface area (Å²) in [6.45, 7) is 5.38. The number of benzene rings is 1. The van der Waals surface area contributed by atoms with Gasteiger partial charge < -0.3 is 10.8 Å². The summed E-state index contributed by atoms with van der Waals surface area (Å²) >= 11 is 0. The molecule has 3 nitrogen and oxygen atoms in total. The highest BCUT2D eigenvalue weighted by molar-refractivity contribution is 5.14. The van der Waals surface area contributed by atoms with E-state index in [2.05, 4.69) is 29.2 Å². The van der Waals surface area contributed by atoms with Crippen molar-refractivity contribution in [2.24, 2.45) is 11.7 Å². The van der Waals surface area contributed by atoms with Gasteiger partial charge in [-0.2, -0.15) is 0 Å². The smallest absolute Gasteiger partial charge is 0.0807 e. The molecule has 2 rings (SSSR count). The highest BCUT2D eigenvalue weighted by atomic mass is 16.3. The summed E-state index contributed by atoms with van der Waals surface area (Å²) in [4.78, 5) is 2.41. The van der Waals surface area contributed by atoms with Crippen LogP contribution in [-0.4, -0.2) is 35.2 Å². The van der Waals surface area contributed by atoms with Crippen LogP contribution in [0, 0.1) is 5.92 Å². The van der Waals surface area contributed by atoms with Gasteiger partial charge in [0.2, 0.25) is 0 Å². The third-order valence-corrected chi connectivity index (χ3v) is 4.25. The van der Waals surface area contributed by atoms with Crippen LogP contribution in [0.1, 0.15) is 25.3 Å². The highest BCUT2D eigenvalue weighted by Gasteiger charge is 2.38. The third-order valence-electron chi connectivity index (χ3n) is 4.25. The second-order valence-corrected chi connectivity index (χ2v) is 5.37. The van der Waals surface area contributed by atoms with Crippen molar-refractivity contribution in [3.8, 4) is 0 Å². The Morgan fingerprint density at radius 3 is 2.72 bits per heavy atom. The van der Waals surface area contributed by atoms with Crippen LogP contribution in [0.4, 0.5) is 0 Å². The van der Waals surface area contributed by atoms with E-state index in [1.165, 1.54) is 5.56 Å². The molecule has 3 N–H and O–H groups in total. The van der Waals surface area contributed by atoms with E-state index in [9.17, 15) is 5.11 Å². The minimum Gasteiger partial charge on any atom is -0.388 e. The molecule has 3 heteroatoms. The molecule has 1 fully saturated rings. The molecular formula is C15H24N2O. The summed E-state index contributed by atoms with van der Waals surface area (Å²) in [5.74, 6) is 0.316. The molecule has 0 amide bonds. The lowest BCUT2D eigenvalue weighted by Gasteiger charge is -2.31. The summed E-state index contributed by atoms with van der Waals surface area (Å²) in [5, 5.41) is 10.5. The van der Waals surface area contributed by atoms with Crippen molar-refractivity contribution >= 4 is 0 Å². The number of nitrogens with two attached hydrogens (primary N) is 1. The van der Waals surface area contributed by atoms with Crippen LogP contribution < -0.4 is 5.73 Å². The second-order valence-electron chi connectivity index (χ2n) is 5.37. The van der Waals surface area contributed by atoms with Crippen LogP contribution in [0.15, 0.2) is 30.3 Å². The molecule has 1 heterocycles. The van der Waals surface area contributed by atoms with Crippen molar-refractivity contribution in [3.05, 3.63) is 35.9 Å². The predicted octanol–water partition coefficient (Wildman–Crippen LogP) is 1.61. The van der Waals surface area contributed by atoms with Crippen molar-refractivity contribution < 1.29 is 5.11 Å². The monoisotopic (exact) mass is 248 g/mol. The van der Waals surface area contributed by atoms with Gasteiger partial charge >= 0.3 is 0 Å². The Bertz CT molecular complexity index is 362. The lowest BCUT2D eigenvalue weighted by atomic mass is 9.84. The number of likely N-dealkylation sites (tertiary alicyclic amines) is 1. The maximum absolute atomic E-state index is 10.5. The molecule has 1 saturated heterocycles. The fraction of sp³-hybridized carbons (Fsp3) is 0.600. The zero-order valence-corrected chi connectivity index (χ0v) is 11.2. The number of hydrogen-bond donors (Lipinski definition) is 2. The van der Waals surface area contributed by atoms with Gasteiger partial charge in [0, 0.05) is 25.6 Å². The summed E-state index contributed by atoms with van der Waals surface area (Å²) in [6.07, 6.45) is 1.79. The lowest BCUT2D eigenvalue weighted by Crippen LogP contribution is -2.45. The first kappa shape index (κ1) is 13.5. The molecule has 0 radical (unpaired) electrons. The SMILES string of the molecule is CCC(O)(CN)C1CCN(Cc2ccccc2)C1. The molecule has 1 aromatic carbocycles. The standard InChI is InChI=1S/C15H24N2O/c1-2-15(18,12-16)14-8-9-17(11-14)10-13-6-4-3-5-7-13/h3-7,14,18H,2,8-12,16H2,1H3. The third kappa shape index (κ3) is 2.91. The Kier molecular flexibility index (Phi) is 4.38. The van der Waals surface area contributed by atoms with Crippen LogP contribution >= 0.6 is 0 Å². The Morgan fingerprint density at radius 1 is 1.39 bits per heavy atom. The zero-order valence-electron chi connectivity index (χ0n) is 11.2. The van der Waals surface area contributed by atoms with Gasteiger partial charge in [0.05, 0.1) is 5.60 Å². The molecule has 18 heavy (non-hydrogen) atoms. The van der Waals surface area contributed by atoms with Gasteiger partial charge in [-0.15, -0.1) is 0 Å². The van der Waals surface area contributed by atoms with E-state index < -0.39 is 5.60 Å². The van der Waals surface area contributed by atoms with Crippen molar-refractivity contribution in [1.82, 2.24) is 4.90 Å². The number of hydrogen-bond acceptors (Lipinski definition) is 3. The van der Waals surface area contributed by atoms with Gasteiger partial charge in [-0.1, -0.05) is 37.3 Å². The fourth-order valence-corrected chi connectivity index (χ4v) is 2.86. The Balaban J connectivity index is 1.93. The Morgan fingerprint density at radius 2 is 2.11 bits per heavy atom. The Hall–Kier alpha value is -0.900. The predicted molar refractivity (Wildman–Crippen MR) is 74.1 cm³/mol. The van der Waals surface area contributed by atoms with Gasteiger partial charge in [0.15, 0.2) is 0 Å². The molecule has 0 saturated carbocycles. The second kappa shape index (κ2) is 5.83. The van der Waals surface area contributed by atoms with Crippen LogP contribution in [0.3, 0.4) is 0 Å². The molecule has 0 aliphatic carbocycles. The zero-order chi connectivity index (χ0) is 13.0. The van der Waals surface area contributed by atoms with Gasteiger partial charge in [0.1, 0.15) is 0 Å². The van der Waals surface area contributed by atoms with Crippen molar-refractivity contribution in [3.63, 3.8) is 0 Å². The van der Waals surface area contributed by atoms with Crippen LogP contribution in [-0.2, 0) is 6.54 Å².